The number of rotatable bonds is 4. The molecule has 0 fully saturated rings. The minimum absolute atomic E-state index is 0.0652. The lowest BCUT2D eigenvalue weighted by Gasteiger charge is -2.21. The molecule has 9 nitrogen and oxygen atoms in total. The number of para-hydroxylation sites is 1. The van der Waals surface area contributed by atoms with E-state index >= 15 is 0 Å². The molecule has 1 aliphatic rings. The summed E-state index contributed by atoms with van der Waals surface area (Å²) < 4.78 is 11.5. The van der Waals surface area contributed by atoms with E-state index in [1.165, 1.54) is 31.0 Å². The van der Waals surface area contributed by atoms with E-state index in [0.29, 0.717) is 22.2 Å². The Morgan fingerprint density at radius 1 is 1.25 bits per heavy atom. The van der Waals surface area contributed by atoms with E-state index in [1.807, 2.05) is 30.5 Å². The zero-order valence-corrected chi connectivity index (χ0v) is 15.8. The van der Waals surface area contributed by atoms with Crippen molar-refractivity contribution in [3.8, 4) is 22.9 Å². The Balaban J connectivity index is 1.88. The number of fused-ring (bicyclic) bond motifs is 3. The van der Waals surface area contributed by atoms with Crippen molar-refractivity contribution < 1.29 is 14.4 Å². The summed E-state index contributed by atoms with van der Waals surface area (Å²) in [6.45, 7) is 0. The second kappa shape index (κ2) is 7.31. The number of ether oxygens (including phenoxy) is 2. The molecule has 10 heteroatoms. The highest BCUT2D eigenvalue weighted by molar-refractivity contribution is 7.98. The molecule has 0 bridgehead atoms. The van der Waals surface area contributed by atoms with Gasteiger partial charge in [0.25, 0.3) is 5.69 Å². The molecule has 3 aromatic rings. The highest BCUT2D eigenvalue weighted by Gasteiger charge is 2.29. The van der Waals surface area contributed by atoms with E-state index in [0.717, 1.165) is 11.3 Å². The number of hydrogen-bond donors (Lipinski definition) is 1. The first-order valence-corrected chi connectivity index (χ1v) is 9.47. The normalized spacial score (nSPS) is 14.7. The molecular formula is C18H15N5O4S. The van der Waals surface area contributed by atoms with Crippen LogP contribution >= 0.6 is 11.8 Å². The van der Waals surface area contributed by atoms with Crippen LogP contribution in [-0.2, 0) is 0 Å². The van der Waals surface area contributed by atoms with Gasteiger partial charge in [-0.3, -0.25) is 10.1 Å². The summed E-state index contributed by atoms with van der Waals surface area (Å²) in [6.07, 6.45) is 1.07. The van der Waals surface area contributed by atoms with Crippen molar-refractivity contribution in [2.24, 2.45) is 0 Å². The highest BCUT2D eigenvalue weighted by Crippen LogP contribution is 2.41. The van der Waals surface area contributed by atoms with Gasteiger partial charge in [0, 0.05) is 23.4 Å². The molecule has 0 radical (unpaired) electrons. The van der Waals surface area contributed by atoms with Gasteiger partial charge in [-0.25, -0.2) is 0 Å². The summed E-state index contributed by atoms with van der Waals surface area (Å²) in [4.78, 5) is 15.2. The van der Waals surface area contributed by atoms with E-state index in [1.54, 1.807) is 6.07 Å². The Kier molecular flexibility index (Phi) is 4.70. The zero-order chi connectivity index (χ0) is 19.7. The molecule has 2 heterocycles. The van der Waals surface area contributed by atoms with E-state index in [4.69, 9.17) is 9.47 Å². The van der Waals surface area contributed by atoms with Crippen LogP contribution in [0.15, 0.2) is 47.6 Å². The average Bonchev–Trinajstić information content (AvgIpc) is 2.89. The average molecular weight is 397 g/mol. The van der Waals surface area contributed by atoms with Crippen molar-refractivity contribution in [1.29, 1.82) is 0 Å². The van der Waals surface area contributed by atoms with Gasteiger partial charge in [0.05, 0.1) is 17.6 Å². The van der Waals surface area contributed by atoms with Gasteiger partial charge in [-0.05, 0) is 18.4 Å². The molecule has 1 N–H and O–H groups in total. The van der Waals surface area contributed by atoms with Crippen molar-refractivity contribution in [2.75, 3.05) is 18.7 Å². The lowest BCUT2D eigenvalue weighted by atomic mass is 10.1. The zero-order valence-electron chi connectivity index (χ0n) is 14.9. The van der Waals surface area contributed by atoms with E-state index in [9.17, 15) is 10.1 Å². The Labute approximate surface area is 164 Å². The minimum Gasteiger partial charge on any atom is -0.496 e. The second-order valence-corrected chi connectivity index (χ2v) is 6.60. The van der Waals surface area contributed by atoms with Gasteiger partial charge < -0.3 is 14.8 Å². The third kappa shape index (κ3) is 3.18. The number of nitrogens with one attached hydrogen (secondary N) is 1. The fourth-order valence-corrected chi connectivity index (χ4v) is 3.21. The van der Waals surface area contributed by atoms with Crippen molar-refractivity contribution in [3.63, 3.8) is 0 Å². The van der Waals surface area contributed by atoms with Crippen molar-refractivity contribution in [3.05, 3.63) is 58.1 Å². The summed E-state index contributed by atoms with van der Waals surface area (Å²) in [7, 11) is 1.50. The number of anilines is 1. The third-order valence-electron chi connectivity index (χ3n) is 4.22. The van der Waals surface area contributed by atoms with Crippen LogP contribution < -0.4 is 14.8 Å². The largest absolute Gasteiger partial charge is 0.496 e. The maximum Gasteiger partial charge on any atom is 0.270 e. The summed E-state index contributed by atoms with van der Waals surface area (Å²) in [6, 6.07) is 11.9. The van der Waals surface area contributed by atoms with Gasteiger partial charge in [-0.1, -0.05) is 30.0 Å². The summed E-state index contributed by atoms with van der Waals surface area (Å²) in [5.41, 5.74) is 2.42. The number of thioether (sulfide) groups is 1. The number of nitrogens with zero attached hydrogens (tertiary/aromatic N) is 4. The highest BCUT2D eigenvalue weighted by atomic mass is 32.2. The Hall–Kier alpha value is -3.40. The molecule has 0 saturated carbocycles. The molecule has 1 aromatic heterocycles. The summed E-state index contributed by atoms with van der Waals surface area (Å²) in [5, 5.41) is 23.3. The molecule has 0 spiro atoms. The summed E-state index contributed by atoms with van der Waals surface area (Å²) >= 11 is 1.34. The Morgan fingerprint density at radius 2 is 2.07 bits per heavy atom. The van der Waals surface area contributed by atoms with Crippen LogP contribution in [-0.4, -0.2) is 33.5 Å². The van der Waals surface area contributed by atoms with Gasteiger partial charge in [-0.15, -0.1) is 10.2 Å². The molecule has 0 saturated heterocycles. The quantitative estimate of drug-likeness (QED) is 0.400. The molecule has 2 aromatic carbocycles. The van der Waals surface area contributed by atoms with Gasteiger partial charge in [0.1, 0.15) is 5.75 Å². The first-order chi connectivity index (χ1) is 13.6. The SMILES string of the molecule is COc1ccc([N+](=O)[O-])cc1C1Nc2ccccc2-c2nnc(SC)nc2O1. The van der Waals surface area contributed by atoms with Crippen LogP contribution in [0.25, 0.3) is 11.3 Å². The molecule has 4 rings (SSSR count). The maximum absolute atomic E-state index is 11.3. The molecule has 1 atom stereocenters. The molecule has 0 aliphatic carbocycles. The number of nitro benzene ring substituents is 1. The fourth-order valence-electron chi connectivity index (χ4n) is 2.91. The second-order valence-electron chi connectivity index (χ2n) is 5.82. The van der Waals surface area contributed by atoms with E-state index in [2.05, 4.69) is 20.5 Å². The standard InChI is InChI=1S/C18H15N5O4S/c1-26-14-8-7-10(23(24)25)9-12(14)16-19-13-6-4-3-5-11(13)15-17(27-16)20-18(28-2)22-21-15/h3-9,16,19H,1-2H3. The predicted octanol–water partition coefficient (Wildman–Crippen LogP) is 3.68. The predicted molar refractivity (Wildman–Crippen MR) is 104 cm³/mol. The van der Waals surface area contributed by atoms with Crippen molar-refractivity contribution in [2.45, 2.75) is 11.4 Å². The fraction of sp³-hybridized carbons (Fsp3) is 0.167. The number of benzene rings is 2. The van der Waals surface area contributed by atoms with Crippen molar-refractivity contribution in [1.82, 2.24) is 15.2 Å². The number of methoxy groups -OCH3 is 1. The molecule has 142 valence electrons. The van der Waals surface area contributed by atoms with Crippen LogP contribution in [0, 0.1) is 10.1 Å². The minimum atomic E-state index is -0.774. The van der Waals surface area contributed by atoms with E-state index in [-0.39, 0.29) is 11.6 Å². The van der Waals surface area contributed by atoms with Gasteiger partial charge in [0.15, 0.2) is 5.69 Å². The van der Waals surface area contributed by atoms with Crippen LogP contribution in [0.4, 0.5) is 11.4 Å². The van der Waals surface area contributed by atoms with Gasteiger partial charge >= 0.3 is 0 Å². The maximum atomic E-state index is 11.3. The van der Waals surface area contributed by atoms with E-state index < -0.39 is 11.2 Å². The van der Waals surface area contributed by atoms with Gasteiger partial charge in [0.2, 0.25) is 17.3 Å². The van der Waals surface area contributed by atoms with Gasteiger partial charge in [-0.2, -0.15) is 4.98 Å². The molecule has 0 amide bonds. The smallest absolute Gasteiger partial charge is 0.270 e. The molecular weight excluding hydrogens is 382 g/mol. The number of non-ortho nitro benzene ring substituents is 1. The van der Waals surface area contributed by atoms with Crippen LogP contribution in [0.5, 0.6) is 11.6 Å². The van der Waals surface area contributed by atoms with Crippen molar-refractivity contribution >= 4 is 23.1 Å². The Bertz CT molecular complexity index is 1060. The van der Waals surface area contributed by atoms with Crippen LogP contribution in [0.1, 0.15) is 11.8 Å². The lowest BCUT2D eigenvalue weighted by molar-refractivity contribution is -0.385. The lowest BCUT2D eigenvalue weighted by Crippen LogP contribution is -2.18. The molecule has 1 unspecified atom stereocenters. The molecule has 1 aliphatic heterocycles. The molecule has 28 heavy (non-hydrogen) atoms. The topological polar surface area (TPSA) is 112 Å². The third-order valence-corrected chi connectivity index (χ3v) is 4.76. The van der Waals surface area contributed by atoms with Crippen LogP contribution in [0.3, 0.4) is 0 Å². The Morgan fingerprint density at radius 3 is 2.82 bits per heavy atom. The number of aromatic nitrogens is 3. The summed E-state index contributed by atoms with van der Waals surface area (Å²) in [5.74, 6) is 0.742. The monoisotopic (exact) mass is 397 g/mol. The number of nitro groups is 1. The van der Waals surface area contributed by atoms with Crippen LogP contribution in [0.2, 0.25) is 0 Å². The number of hydrogen-bond acceptors (Lipinski definition) is 9. The first kappa shape index (κ1) is 18.0. The first-order valence-electron chi connectivity index (χ1n) is 8.24.